The summed E-state index contributed by atoms with van der Waals surface area (Å²) in [6.45, 7) is 0. The first-order valence-corrected chi connectivity index (χ1v) is 3.94. The molecule has 0 saturated heterocycles. The Bertz CT molecular complexity index is 456. The molecule has 0 amide bonds. The fourth-order valence-corrected chi connectivity index (χ4v) is 1.12. The van der Waals surface area contributed by atoms with E-state index in [9.17, 15) is 8.78 Å². The minimum absolute atomic E-state index is 0.00431. The van der Waals surface area contributed by atoms with Gasteiger partial charge in [-0.1, -0.05) is 0 Å². The summed E-state index contributed by atoms with van der Waals surface area (Å²) in [6.07, 6.45) is -2.10. The van der Waals surface area contributed by atoms with Crippen molar-refractivity contribution in [2.75, 3.05) is 5.73 Å². The average molecular weight is 208 g/mol. The van der Waals surface area contributed by atoms with Gasteiger partial charge in [-0.3, -0.25) is 4.98 Å². The Labute approximate surface area is 84.6 Å². The van der Waals surface area contributed by atoms with Crippen LogP contribution in [0.25, 0.3) is 0 Å². The smallest absolute Gasteiger partial charge is 0.280 e. The van der Waals surface area contributed by atoms with E-state index in [1.165, 1.54) is 0 Å². The molecule has 0 atom stereocenters. The molecule has 0 unspecified atom stereocenters. The van der Waals surface area contributed by atoms with Crippen LogP contribution >= 0.6 is 0 Å². The molecule has 4 nitrogen and oxygen atoms in total. The number of nitrogens with two attached hydrogens (primary N) is 1. The third-order valence-electron chi connectivity index (χ3n) is 1.84. The van der Waals surface area contributed by atoms with E-state index in [0.717, 1.165) is 6.20 Å². The molecule has 0 fully saturated rings. The molecule has 0 spiro atoms. The minimum Gasteiger partial charge on any atom is -0.397 e. The van der Waals surface area contributed by atoms with Gasteiger partial charge >= 0.3 is 0 Å². The third-order valence-corrected chi connectivity index (χ3v) is 1.84. The molecule has 0 saturated carbocycles. The molecule has 1 aromatic heterocycles. The lowest BCUT2D eigenvalue weighted by Crippen LogP contribution is -2.05. The van der Waals surface area contributed by atoms with E-state index < -0.39 is 12.1 Å². The van der Waals surface area contributed by atoms with Gasteiger partial charge in [0.05, 0.1) is 23.7 Å². The van der Waals surface area contributed by atoms with Crippen molar-refractivity contribution in [1.29, 1.82) is 10.5 Å². The van der Waals surface area contributed by atoms with Gasteiger partial charge in [0.25, 0.3) is 6.43 Å². The lowest BCUT2D eigenvalue weighted by atomic mass is 10.1. The highest BCUT2D eigenvalue weighted by Gasteiger charge is 2.18. The first kappa shape index (κ1) is 10.9. The zero-order chi connectivity index (χ0) is 11.4. The monoisotopic (exact) mass is 208 g/mol. The zero-order valence-corrected chi connectivity index (χ0v) is 7.54. The van der Waals surface area contributed by atoms with E-state index in [0.29, 0.717) is 0 Å². The Balaban J connectivity index is 3.40. The number of rotatable bonds is 2. The maximum Gasteiger partial charge on any atom is 0.280 e. The van der Waals surface area contributed by atoms with Gasteiger partial charge in [-0.25, -0.2) is 8.78 Å². The first-order valence-electron chi connectivity index (χ1n) is 3.94. The lowest BCUT2D eigenvalue weighted by molar-refractivity contribution is 0.145. The van der Waals surface area contributed by atoms with Crippen molar-refractivity contribution < 1.29 is 8.78 Å². The van der Waals surface area contributed by atoms with E-state index >= 15 is 0 Å². The summed E-state index contributed by atoms with van der Waals surface area (Å²) in [5.74, 6) is 0. The van der Waals surface area contributed by atoms with Crippen molar-refractivity contribution in [1.82, 2.24) is 4.98 Å². The van der Waals surface area contributed by atoms with E-state index in [2.05, 4.69) is 4.98 Å². The Kier molecular flexibility index (Phi) is 3.14. The van der Waals surface area contributed by atoms with Crippen molar-refractivity contribution in [3.8, 4) is 12.1 Å². The van der Waals surface area contributed by atoms with E-state index in [-0.39, 0.29) is 23.2 Å². The molecule has 1 heterocycles. The first-order chi connectivity index (χ1) is 7.11. The molecule has 0 aliphatic rings. The predicted molar refractivity (Wildman–Crippen MR) is 47.6 cm³/mol. The molecular weight excluding hydrogens is 202 g/mol. The van der Waals surface area contributed by atoms with E-state index in [4.69, 9.17) is 16.3 Å². The number of nitriles is 2. The number of alkyl halides is 2. The maximum atomic E-state index is 12.5. The number of anilines is 1. The summed E-state index contributed by atoms with van der Waals surface area (Å²) >= 11 is 0. The van der Waals surface area contributed by atoms with Gasteiger partial charge in [-0.05, 0) is 0 Å². The van der Waals surface area contributed by atoms with E-state index in [1.807, 2.05) is 0 Å². The lowest BCUT2D eigenvalue weighted by Gasteiger charge is -2.08. The molecule has 15 heavy (non-hydrogen) atoms. The van der Waals surface area contributed by atoms with Gasteiger partial charge in [0.2, 0.25) is 0 Å². The number of halogens is 2. The maximum absolute atomic E-state index is 12.5. The number of nitrogens with zero attached hydrogens (tertiary/aromatic N) is 3. The number of hydrogen-bond donors (Lipinski definition) is 1. The van der Waals surface area contributed by atoms with Crippen LogP contribution in [-0.4, -0.2) is 4.98 Å². The molecule has 76 valence electrons. The minimum atomic E-state index is -2.80. The number of hydrogen-bond acceptors (Lipinski definition) is 4. The average Bonchev–Trinajstić information content (AvgIpc) is 2.20. The molecular formula is C9H6F2N4. The van der Waals surface area contributed by atoms with Crippen LogP contribution in [0.3, 0.4) is 0 Å². The van der Waals surface area contributed by atoms with Gasteiger partial charge in [0.15, 0.2) is 0 Å². The molecule has 1 rings (SSSR count). The Morgan fingerprint density at radius 2 is 2.13 bits per heavy atom. The quantitative estimate of drug-likeness (QED) is 0.798. The van der Waals surface area contributed by atoms with Crippen LogP contribution in [0.2, 0.25) is 0 Å². The van der Waals surface area contributed by atoms with Crippen molar-refractivity contribution in [3.63, 3.8) is 0 Å². The van der Waals surface area contributed by atoms with Crippen LogP contribution in [-0.2, 0) is 6.42 Å². The second-order valence-corrected chi connectivity index (χ2v) is 2.70. The second-order valence-electron chi connectivity index (χ2n) is 2.70. The van der Waals surface area contributed by atoms with Gasteiger partial charge < -0.3 is 5.73 Å². The van der Waals surface area contributed by atoms with Crippen molar-refractivity contribution >= 4 is 5.69 Å². The van der Waals surface area contributed by atoms with Gasteiger partial charge in [0.1, 0.15) is 11.8 Å². The highest BCUT2D eigenvalue weighted by molar-refractivity contribution is 5.60. The van der Waals surface area contributed by atoms with Crippen LogP contribution in [0.5, 0.6) is 0 Å². The number of nitrogen functional groups attached to an aromatic ring is 1. The Hall–Kier alpha value is -2.21. The summed E-state index contributed by atoms with van der Waals surface area (Å²) < 4.78 is 24.9. The summed E-state index contributed by atoms with van der Waals surface area (Å²) in [4.78, 5) is 3.42. The van der Waals surface area contributed by atoms with E-state index in [1.54, 1.807) is 12.1 Å². The molecule has 0 bridgehead atoms. The van der Waals surface area contributed by atoms with Gasteiger partial charge in [0, 0.05) is 11.8 Å². The molecule has 0 radical (unpaired) electrons. The summed E-state index contributed by atoms with van der Waals surface area (Å²) in [7, 11) is 0. The Morgan fingerprint density at radius 3 is 2.60 bits per heavy atom. The topological polar surface area (TPSA) is 86.5 Å². The fourth-order valence-electron chi connectivity index (χ4n) is 1.12. The largest absolute Gasteiger partial charge is 0.397 e. The van der Waals surface area contributed by atoms with Crippen LogP contribution in [0.15, 0.2) is 6.20 Å². The Morgan fingerprint density at radius 1 is 1.47 bits per heavy atom. The summed E-state index contributed by atoms with van der Waals surface area (Å²) in [5, 5.41) is 17.1. The molecule has 1 aromatic rings. The molecule has 0 aromatic carbocycles. The molecule has 0 aliphatic carbocycles. The zero-order valence-electron chi connectivity index (χ0n) is 7.54. The molecule has 2 N–H and O–H groups in total. The fraction of sp³-hybridized carbons (Fsp3) is 0.222. The number of pyridine rings is 1. The van der Waals surface area contributed by atoms with Gasteiger partial charge in [-0.2, -0.15) is 10.5 Å². The third kappa shape index (κ3) is 2.00. The second kappa shape index (κ2) is 4.34. The van der Waals surface area contributed by atoms with Crippen LogP contribution in [0.1, 0.15) is 23.2 Å². The summed E-state index contributed by atoms with van der Waals surface area (Å²) in [6, 6.07) is 3.43. The molecule has 6 heteroatoms. The summed E-state index contributed by atoms with van der Waals surface area (Å²) in [5.41, 5.74) is 4.79. The van der Waals surface area contributed by atoms with Crippen LogP contribution in [0, 0.1) is 22.7 Å². The van der Waals surface area contributed by atoms with Crippen LogP contribution in [0.4, 0.5) is 14.5 Å². The highest BCUT2D eigenvalue weighted by atomic mass is 19.3. The van der Waals surface area contributed by atoms with Crippen molar-refractivity contribution in [2.24, 2.45) is 0 Å². The van der Waals surface area contributed by atoms with Crippen molar-refractivity contribution in [2.45, 2.75) is 12.8 Å². The van der Waals surface area contributed by atoms with Crippen molar-refractivity contribution in [3.05, 3.63) is 23.0 Å². The molecule has 0 aliphatic heterocycles. The van der Waals surface area contributed by atoms with Gasteiger partial charge in [-0.15, -0.1) is 0 Å². The van der Waals surface area contributed by atoms with Crippen LogP contribution < -0.4 is 5.73 Å². The SMILES string of the molecule is N#CCc1c(C(F)F)ncc(C#N)c1N. The number of aromatic nitrogens is 1. The highest BCUT2D eigenvalue weighted by Crippen LogP contribution is 2.27. The predicted octanol–water partition coefficient (Wildman–Crippen LogP) is 1.54. The standard InChI is InChI=1S/C9H6F2N4/c10-9(11)8-6(1-2-12)7(14)5(3-13)4-15-8/h4,9H,1H2,(H2,14,15). The normalized spacial score (nSPS) is 9.67.